The molecule has 11 heteroatoms. The Morgan fingerprint density at radius 2 is 1.71 bits per heavy atom. The summed E-state index contributed by atoms with van der Waals surface area (Å²) in [5.41, 5.74) is 2.86. The number of hydrogen-bond acceptors (Lipinski definition) is 8. The number of thiazole rings is 1. The number of fused-ring (bicyclic) bond motifs is 2. The minimum atomic E-state index is -0.786. The largest absolute Gasteiger partial charge is 0.496 e. The number of nitro groups is 1. The second-order valence-corrected chi connectivity index (χ2v) is 12.2. The maximum Gasteiger partial charge on any atom is 0.271 e. The fourth-order valence-electron chi connectivity index (χ4n) is 6.03. The number of methoxy groups -OCH3 is 1. The highest BCUT2D eigenvalue weighted by Crippen LogP contribution is 2.40. The van der Waals surface area contributed by atoms with Crippen molar-refractivity contribution in [1.29, 1.82) is 0 Å². The Hall–Kier alpha value is -5.55. The van der Waals surface area contributed by atoms with E-state index in [0.29, 0.717) is 50.8 Å². The van der Waals surface area contributed by atoms with Crippen molar-refractivity contribution in [3.63, 3.8) is 0 Å². The lowest BCUT2D eigenvalue weighted by molar-refractivity contribution is -0.384. The molecule has 0 unspecified atom stereocenters. The average molecular weight is 663 g/mol. The van der Waals surface area contributed by atoms with Gasteiger partial charge in [0.1, 0.15) is 24.1 Å². The number of carbonyl (C=O) groups excluding carboxylic acids is 1. The van der Waals surface area contributed by atoms with Crippen LogP contribution in [0.25, 0.3) is 16.8 Å². The van der Waals surface area contributed by atoms with Crippen LogP contribution in [0.1, 0.15) is 43.5 Å². The Morgan fingerprint density at radius 3 is 2.42 bits per heavy atom. The summed E-state index contributed by atoms with van der Waals surface area (Å²) in [7, 11) is 1.59. The first-order valence-electron chi connectivity index (χ1n) is 15.6. The predicted octanol–water partition coefficient (Wildman–Crippen LogP) is 5.75. The van der Waals surface area contributed by atoms with E-state index in [-0.39, 0.29) is 23.8 Å². The van der Waals surface area contributed by atoms with Crippen LogP contribution in [0.5, 0.6) is 11.5 Å². The van der Waals surface area contributed by atoms with E-state index >= 15 is 0 Å². The molecule has 0 saturated carbocycles. The van der Waals surface area contributed by atoms with E-state index < -0.39 is 11.0 Å². The third-order valence-corrected chi connectivity index (χ3v) is 9.46. The normalized spacial score (nSPS) is 14.4. The first-order valence-corrected chi connectivity index (χ1v) is 16.4. The van der Waals surface area contributed by atoms with Gasteiger partial charge < -0.3 is 14.4 Å². The number of carbonyl (C=O) groups is 1. The highest BCUT2D eigenvalue weighted by atomic mass is 32.1. The zero-order valence-electron chi connectivity index (χ0n) is 27.0. The monoisotopic (exact) mass is 662 g/mol. The number of para-hydroxylation sites is 1. The zero-order chi connectivity index (χ0) is 33.9. The van der Waals surface area contributed by atoms with E-state index in [2.05, 4.69) is 0 Å². The maximum absolute atomic E-state index is 14.5. The SMILES string of the molecule is CCN(CC)C(=O)C1=C(C)N=c2s/c(=C/c3ccccc3OCc3ccc([N+](=O)[O-])cc3)c(=O)n2[C@H]1c1c(OC)ccc2ccccc12. The molecule has 6 rings (SSSR count). The number of ether oxygens (including phenoxy) is 2. The smallest absolute Gasteiger partial charge is 0.271 e. The van der Waals surface area contributed by atoms with Crippen molar-refractivity contribution >= 4 is 39.8 Å². The summed E-state index contributed by atoms with van der Waals surface area (Å²) in [6, 6.07) is 24.5. The number of nitrogens with zero attached hydrogens (tertiary/aromatic N) is 4. The molecule has 1 aromatic heterocycles. The molecule has 0 aliphatic carbocycles. The van der Waals surface area contributed by atoms with E-state index in [1.165, 1.54) is 23.5 Å². The molecule has 10 nitrogen and oxygen atoms in total. The van der Waals surface area contributed by atoms with Gasteiger partial charge in [-0.15, -0.1) is 0 Å². The Bertz CT molecular complexity index is 2250. The summed E-state index contributed by atoms with van der Waals surface area (Å²) in [5.74, 6) is 0.931. The molecule has 2 heterocycles. The molecule has 0 bridgehead atoms. The highest BCUT2D eigenvalue weighted by Gasteiger charge is 2.36. The predicted molar refractivity (Wildman–Crippen MR) is 186 cm³/mol. The van der Waals surface area contributed by atoms with Gasteiger partial charge in [-0.1, -0.05) is 59.9 Å². The Labute approximate surface area is 280 Å². The van der Waals surface area contributed by atoms with E-state index in [9.17, 15) is 19.7 Å². The van der Waals surface area contributed by atoms with Crippen LogP contribution in [-0.2, 0) is 11.4 Å². The van der Waals surface area contributed by atoms with Crippen molar-refractivity contribution in [2.75, 3.05) is 20.2 Å². The molecule has 0 radical (unpaired) electrons. The lowest BCUT2D eigenvalue weighted by atomic mass is 9.90. The van der Waals surface area contributed by atoms with Gasteiger partial charge in [-0.05, 0) is 67.4 Å². The van der Waals surface area contributed by atoms with Gasteiger partial charge in [0.2, 0.25) is 0 Å². The minimum absolute atomic E-state index is 0.00569. The molecule has 0 N–H and O–H groups in total. The summed E-state index contributed by atoms with van der Waals surface area (Å²) in [5, 5.41) is 12.9. The standard InChI is InChI=1S/C37H34N4O6S/c1-5-39(6-2)36(43)32-23(3)38-37-40(34(32)33-28-13-9-7-11-25(28)17-20-30(33)46-4)35(42)31(48-37)21-26-12-8-10-14-29(26)47-22-24-15-18-27(19-16-24)41(44)45/h7-21,34H,5-6,22H2,1-4H3/b31-21+/t34-/m1/s1. The molecule has 0 spiro atoms. The van der Waals surface area contributed by atoms with Crippen LogP contribution in [0.2, 0.25) is 0 Å². The Balaban J connectivity index is 1.50. The molecular weight excluding hydrogens is 628 g/mol. The number of allylic oxidation sites excluding steroid dienone is 1. The molecule has 1 atom stereocenters. The average Bonchev–Trinajstić information content (AvgIpc) is 3.40. The number of aromatic nitrogens is 1. The van der Waals surface area contributed by atoms with Crippen molar-refractivity contribution in [3.8, 4) is 11.5 Å². The van der Waals surface area contributed by atoms with Crippen LogP contribution < -0.4 is 24.4 Å². The van der Waals surface area contributed by atoms with E-state index in [1.807, 2.05) is 81.4 Å². The van der Waals surface area contributed by atoms with Crippen LogP contribution in [0, 0.1) is 10.1 Å². The van der Waals surface area contributed by atoms with Gasteiger partial charge in [-0.2, -0.15) is 0 Å². The number of non-ortho nitro benzene ring substituents is 1. The molecule has 1 aliphatic heterocycles. The second-order valence-electron chi connectivity index (χ2n) is 11.2. The lowest BCUT2D eigenvalue weighted by Crippen LogP contribution is -2.43. The molecule has 48 heavy (non-hydrogen) atoms. The zero-order valence-corrected chi connectivity index (χ0v) is 27.8. The van der Waals surface area contributed by atoms with Gasteiger partial charge in [-0.3, -0.25) is 24.3 Å². The van der Waals surface area contributed by atoms with Crippen molar-refractivity contribution in [2.24, 2.45) is 4.99 Å². The number of likely N-dealkylation sites (N-methyl/N-ethyl adjacent to an activating group) is 1. The van der Waals surface area contributed by atoms with Crippen molar-refractivity contribution in [3.05, 3.63) is 143 Å². The highest BCUT2D eigenvalue weighted by molar-refractivity contribution is 7.07. The topological polar surface area (TPSA) is 116 Å². The molecule has 1 aliphatic rings. The molecule has 4 aromatic carbocycles. The third-order valence-electron chi connectivity index (χ3n) is 8.47. The van der Waals surface area contributed by atoms with Crippen LogP contribution in [0.4, 0.5) is 5.69 Å². The van der Waals surface area contributed by atoms with Crippen LogP contribution in [0.3, 0.4) is 0 Å². The molecule has 244 valence electrons. The summed E-state index contributed by atoms with van der Waals surface area (Å²) in [4.78, 5) is 46.3. The minimum Gasteiger partial charge on any atom is -0.496 e. The third kappa shape index (κ3) is 6.00. The number of hydrogen-bond donors (Lipinski definition) is 0. The van der Waals surface area contributed by atoms with E-state index in [0.717, 1.165) is 21.9 Å². The molecular formula is C37H34N4O6S. The fourth-order valence-corrected chi connectivity index (χ4v) is 7.07. The molecule has 0 fully saturated rings. The van der Waals surface area contributed by atoms with E-state index in [4.69, 9.17) is 14.5 Å². The van der Waals surface area contributed by atoms with Gasteiger partial charge in [0.15, 0.2) is 4.80 Å². The van der Waals surface area contributed by atoms with Crippen LogP contribution in [0.15, 0.2) is 106 Å². The van der Waals surface area contributed by atoms with Gasteiger partial charge in [-0.25, -0.2) is 4.99 Å². The van der Waals surface area contributed by atoms with Crippen LogP contribution in [-0.4, -0.2) is 40.5 Å². The first-order chi connectivity index (χ1) is 23.2. The summed E-state index contributed by atoms with van der Waals surface area (Å²) in [6.07, 6.45) is 1.78. The Kier molecular flexibility index (Phi) is 9.22. The summed E-state index contributed by atoms with van der Waals surface area (Å²) in [6.45, 7) is 6.88. The van der Waals surface area contributed by atoms with Crippen LogP contribution >= 0.6 is 11.3 Å². The fraction of sp³-hybridized carbons (Fsp3) is 0.216. The number of rotatable bonds is 10. The lowest BCUT2D eigenvalue weighted by Gasteiger charge is -2.30. The van der Waals surface area contributed by atoms with Gasteiger partial charge in [0, 0.05) is 36.3 Å². The van der Waals surface area contributed by atoms with Gasteiger partial charge in [0.05, 0.1) is 27.8 Å². The number of amides is 1. The quantitative estimate of drug-likeness (QED) is 0.139. The van der Waals surface area contributed by atoms with Crippen molar-refractivity contribution < 1.29 is 19.2 Å². The molecule has 5 aromatic rings. The van der Waals surface area contributed by atoms with Crippen molar-refractivity contribution in [1.82, 2.24) is 9.47 Å². The Morgan fingerprint density at radius 1 is 1.00 bits per heavy atom. The molecule has 1 amide bonds. The number of benzene rings is 4. The maximum atomic E-state index is 14.5. The summed E-state index contributed by atoms with van der Waals surface area (Å²) >= 11 is 1.25. The first kappa shape index (κ1) is 32.4. The molecule has 0 saturated heterocycles. The summed E-state index contributed by atoms with van der Waals surface area (Å²) < 4.78 is 14.1. The van der Waals surface area contributed by atoms with E-state index in [1.54, 1.807) is 34.8 Å². The van der Waals surface area contributed by atoms with Crippen molar-refractivity contribution in [2.45, 2.75) is 33.4 Å². The second kappa shape index (κ2) is 13.7. The number of nitro benzene ring substituents is 1. The van der Waals surface area contributed by atoms with Gasteiger partial charge in [0.25, 0.3) is 17.2 Å². The van der Waals surface area contributed by atoms with Gasteiger partial charge >= 0.3 is 0 Å².